The Morgan fingerprint density at radius 3 is 3.09 bits per heavy atom. The molecule has 11 heavy (non-hydrogen) atoms. The van der Waals surface area contributed by atoms with E-state index in [1.54, 1.807) is 0 Å². The van der Waals surface area contributed by atoms with Crippen molar-refractivity contribution in [2.45, 2.75) is 18.6 Å². The van der Waals surface area contributed by atoms with Crippen LogP contribution in [0.25, 0.3) is 0 Å². The molecular weight excluding hydrogens is 176 g/mol. The second-order valence-corrected chi connectivity index (χ2v) is 6.15. The van der Waals surface area contributed by atoms with Crippen molar-refractivity contribution >= 4 is 20.2 Å². The van der Waals surface area contributed by atoms with Gasteiger partial charge in [0.2, 0.25) is 0 Å². The van der Waals surface area contributed by atoms with Crippen molar-refractivity contribution in [1.82, 2.24) is 0 Å². The van der Waals surface area contributed by atoms with E-state index in [2.05, 4.69) is 0 Å². The third kappa shape index (κ3) is 5.57. The van der Waals surface area contributed by atoms with Gasteiger partial charge in [0.15, 0.2) is 0 Å². The van der Waals surface area contributed by atoms with Gasteiger partial charge in [0, 0.05) is 6.61 Å². The first kappa shape index (κ1) is 9.40. The number of hydrogen-bond acceptors (Lipinski definition) is 3. The van der Waals surface area contributed by atoms with Crippen molar-refractivity contribution in [3.8, 4) is 0 Å². The fourth-order valence-electron chi connectivity index (χ4n) is 0.830. The third-order valence-corrected chi connectivity index (χ3v) is 4.01. The van der Waals surface area contributed by atoms with E-state index in [0.717, 1.165) is 30.3 Å². The molecular formula is C6H16O3Si2. The maximum absolute atomic E-state index is 5.36. The van der Waals surface area contributed by atoms with Crippen LogP contribution >= 0.6 is 0 Å². The Kier molecular flexibility index (Phi) is 5.04. The van der Waals surface area contributed by atoms with E-state index in [1.165, 1.54) is 12.5 Å². The molecule has 0 aromatic carbocycles. The maximum atomic E-state index is 5.36. The zero-order chi connectivity index (χ0) is 7.94. The number of epoxide rings is 1. The van der Waals surface area contributed by atoms with E-state index < -0.39 is 0 Å². The molecule has 0 aromatic rings. The highest BCUT2D eigenvalue weighted by Crippen LogP contribution is 2.08. The standard InChI is InChI=1S/C6H16O3Si2/c10-9-11-3-1-2-7-4-6-5-8-6/h6H,1-5,11H2,10H3. The molecule has 66 valence electrons. The lowest BCUT2D eigenvalue weighted by atomic mass is 10.5. The van der Waals surface area contributed by atoms with Crippen LogP contribution in [0.2, 0.25) is 6.04 Å². The number of ether oxygens (including phenoxy) is 2. The van der Waals surface area contributed by atoms with Crippen molar-refractivity contribution in [3.63, 3.8) is 0 Å². The topological polar surface area (TPSA) is 31.0 Å². The molecule has 0 aromatic heterocycles. The minimum atomic E-state index is -0.160. The van der Waals surface area contributed by atoms with Crippen LogP contribution in [0.5, 0.6) is 0 Å². The van der Waals surface area contributed by atoms with Crippen LogP contribution in [-0.4, -0.2) is 46.2 Å². The summed E-state index contributed by atoms with van der Waals surface area (Å²) in [6, 6.07) is 1.26. The highest BCUT2D eigenvalue weighted by molar-refractivity contribution is 6.34. The molecule has 1 saturated heterocycles. The quantitative estimate of drug-likeness (QED) is 0.282. The van der Waals surface area contributed by atoms with Crippen molar-refractivity contribution < 1.29 is 13.6 Å². The molecule has 0 saturated carbocycles. The molecule has 0 radical (unpaired) electrons. The Morgan fingerprint density at radius 2 is 2.45 bits per heavy atom. The number of hydrogen-bond donors (Lipinski definition) is 0. The van der Waals surface area contributed by atoms with Crippen LogP contribution in [0.4, 0.5) is 0 Å². The first-order valence-electron chi connectivity index (χ1n) is 4.12. The molecule has 0 amide bonds. The Morgan fingerprint density at radius 1 is 1.64 bits per heavy atom. The average Bonchev–Trinajstić information content (AvgIpc) is 2.80. The lowest BCUT2D eigenvalue weighted by Crippen LogP contribution is -2.04. The summed E-state index contributed by atoms with van der Waals surface area (Å²) < 4.78 is 15.5. The Hall–Kier alpha value is 0.314. The zero-order valence-electron chi connectivity index (χ0n) is 7.04. The van der Waals surface area contributed by atoms with Gasteiger partial charge in [0.1, 0.15) is 26.4 Å². The highest BCUT2D eigenvalue weighted by Gasteiger charge is 2.21. The van der Waals surface area contributed by atoms with Crippen LogP contribution in [-0.2, 0) is 13.6 Å². The monoisotopic (exact) mass is 192 g/mol. The van der Waals surface area contributed by atoms with Crippen molar-refractivity contribution in [2.75, 3.05) is 19.8 Å². The van der Waals surface area contributed by atoms with Crippen LogP contribution in [0, 0.1) is 0 Å². The average molecular weight is 192 g/mol. The summed E-state index contributed by atoms with van der Waals surface area (Å²) >= 11 is 0. The van der Waals surface area contributed by atoms with E-state index in [0.29, 0.717) is 6.10 Å². The molecule has 1 rings (SSSR count). The normalized spacial score (nSPS) is 23.5. The fraction of sp³-hybridized carbons (Fsp3) is 1.00. The van der Waals surface area contributed by atoms with Gasteiger partial charge in [-0.1, -0.05) is 0 Å². The van der Waals surface area contributed by atoms with Crippen LogP contribution in [0.15, 0.2) is 0 Å². The Labute approximate surface area is 72.9 Å². The highest BCUT2D eigenvalue weighted by atomic mass is 28.3. The van der Waals surface area contributed by atoms with Gasteiger partial charge in [-0.2, -0.15) is 0 Å². The van der Waals surface area contributed by atoms with E-state index in [4.69, 9.17) is 13.6 Å². The first-order chi connectivity index (χ1) is 5.43. The van der Waals surface area contributed by atoms with Crippen molar-refractivity contribution in [1.29, 1.82) is 0 Å². The summed E-state index contributed by atoms with van der Waals surface area (Å²) in [5.74, 6) is 0. The molecule has 0 bridgehead atoms. The third-order valence-electron chi connectivity index (χ3n) is 1.59. The molecule has 1 aliphatic rings. The molecule has 1 unspecified atom stereocenters. The summed E-state index contributed by atoms with van der Waals surface area (Å²) in [6.45, 7) is 2.58. The molecule has 1 heterocycles. The molecule has 0 spiro atoms. The number of rotatable bonds is 7. The molecule has 0 N–H and O–H groups in total. The van der Waals surface area contributed by atoms with E-state index in [-0.39, 0.29) is 9.76 Å². The predicted molar refractivity (Wildman–Crippen MR) is 49.6 cm³/mol. The second kappa shape index (κ2) is 5.90. The lowest BCUT2D eigenvalue weighted by Gasteiger charge is -2.00. The van der Waals surface area contributed by atoms with E-state index >= 15 is 0 Å². The van der Waals surface area contributed by atoms with Crippen LogP contribution < -0.4 is 0 Å². The first-order valence-corrected chi connectivity index (χ1v) is 6.51. The minimum Gasteiger partial charge on any atom is -0.468 e. The zero-order valence-corrected chi connectivity index (χ0v) is 10.5. The van der Waals surface area contributed by atoms with E-state index in [1.807, 2.05) is 0 Å². The summed E-state index contributed by atoms with van der Waals surface area (Å²) in [5.41, 5.74) is 0. The summed E-state index contributed by atoms with van der Waals surface area (Å²) in [6.07, 6.45) is 1.59. The largest absolute Gasteiger partial charge is 0.468 e. The van der Waals surface area contributed by atoms with Gasteiger partial charge in [-0.3, -0.25) is 0 Å². The fourth-order valence-corrected chi connectivity index (χ4v) is 2.39. The van der Waals surface area contributed by atoms with Crippen molar-refractivity contribution in [2.24, 2.45) is 0 Å². The van der Waals surface area contributed by atoms with Crippen LogP contribution in [0.1, 0.15) is 6.42 Å². The summed E-state index contributed by atoms with van der Waals surface area (Å²) in [5, 5.41) is 0. The molecule has 0 aliphatic carbocycles. The van der Waals surface area contributed by atoms with Gasteiger partial charge in [0.05, 0.1) is 13.2 Å². The van der Waals surface area contributed by atoms with E-state index in [9.17, 15) is 0 Å². The second-order valence-electron chi connectivity index (χ2n) is 2.73. The van der Waals surface area contributed by atoms with Gasteiger partial charge in [-0.05, 0) is 12.5 Å². The smallest absolute Gasteiger partial charge is 0.145 e. The van der Waals surface area contributed by atoms with Gasteiger partial charge in [-0.25, -0.2) is 0 Å². The molecule has 1 aliphatic heterocycles. The van der Waals surface area contributed by atoms with Gasteiger partial charge in [0.25, 0.3) is 0 Å². The minimum absolute atomic E-state index is 0.160. The van der Waals surface area contributed by atoms with Gasteiger partial charge in [-0.15, -0.1) is 0 Å². The lowest BCUT2D eigenvalue weighted by molar-refractivity contribution is 0.117. The molecule has 5 heteroatoms. The Balaban J connectivity index is 1.66. The van der Waals surface area contributed by atoms with Crippen LogP contribution in [0.3, 0.4) is 0 Å². The van der Waals surface area contributed by atoms with Gasteiger partial charge >= 0.3 is 0 Å². The summed E-state index contributed by atoms with van der Waals surface area (Å²) in [4.78, 5) is 0. The maximum Gasteiger partial charge on any atom is 0.145 e. The molecule has 1 fully saturated rings. The Bertz CT molecular complexity index is 97.8. The predicted octanol–water partition coefficient (Wildman–Crippen LogP) is -1.41. The molecule has 1 atom stereocenters. The SMILES string of the molecule is [SiH3]O[SiH2]CCCOCC1CO1. The van der Waals surface area contributed by atoms with Gasteiger partial charge < -0.3 is 13.6 Å². The molecule has 3 nitrogen and oxygen atoms in total. The van der Waals surface area contributed by atoms with Crippen molar-refractivity contribution in [3.05, 3.63) is 0 Å². The summed E-state index contributed by atoms with van der Waals surface area (Å²) in [7, 11) is 0.757.